The van der Waals surface area contributed by atoms with E-state index < -0.39 is 0 Å². The Morgan fingerprint density at radius 1 is 0.952 bits per heavy atom. The van der Waals surface area contributed by atoms with E-state index in [-0.39, 0.29) is 0 Å². The van der Waals surface area contributed by atoms with Crippen molar-refractivity contribution in [2.24, 2.45) is 0 Å². The summed E-state index contributed by atoms with van der Waals surface area (Å²) in [6, 6.07) is 11.4. The van der Waals surface area contributed by atoms with Gasteiger partial charge < -0.3 is 10.1 Å². The summed E-state index contributed by atoms with van der Waals surface area (Å²) in [5, 5.41) is 5.24. The molecule has 1 saturated carbocycles. The molecular weight excluding hydrogens is 329 g/mol. The minimum absolute atomic E-state index is 0.545. The van der Waals surface area contributed by atoms with Crippen LogP contribution in [0.25, 0.3) is 0 Å². The van der Waals surface area contributed by atoms with Gasteiger partial charge in [-0.05, 0) is 49.2 Å². The van der Waals surface area contributed by atoms with Crippen LogP contribution >= 0.6 is 34.8 Å². The van der Waals surface area contributed by atoms with E-state index in [4.69, 9.17) is 39.5 Å². The summed E-state index contributed by atoms with van der Waals surface area (Å²) >= 11 is 18.1. The maximum atomic E-state index is 6.08. The fourth-order valence-corrected chi connectivity index (χ4v) is 2.74. The van der Waals surface area contributed by atoms with Gasteiger partial charge in [-0.2, -0.15) is 0 Å². The van der Waals surface area contributed by atoms with E-state index >= 15 is 0 Å². The summed E-state index contributed by atoms with van der Waals surface area (Å²) in [7, 11) is 0. The smallest absolute Gasteiger partial charge is 0.132 e. The molecule has 2 nitrogen and oxygen atoms in total. The van der Waals surface area contributed by atoms with Gasteiger partial charge in [0.1, 0.15) is 11.5 Å². The van der Waals surface area contributed by atoms with E-state index in [0.717, 1.165) is 17.9 Å². The Morgan fingerprint density at radius 3 is 2.33 bits per heavy atom. The normalized spacial score (nSPS) is 14.2. The van der Waals surface area contributed by atoms with Crippen molar-refractivity contribution in [1.82, 2.24) is 5.32 Å². The molecule has 0 unspecified atom stereocenters. The first-order chi connectivity index (χ1) is 10.1. The Hall–Kier alpha value is -0.930. The van der Waals surface area contributed by atoms with Crippen molar-refractivity contribution < 1.29 is 4.74 Å². The van der Waals surface area contributed by atoms with Crippen LogP contribution in [0.1, 0.15) is 18.4 Å². The van der Waals surface area contributed by atoms with Crippen LogP contribution < -0.4 is 10.1 Å². The Morgan fingerprint density at radius 2 is 1.67 bits per heavy atom. The van der Waals surface area contributed by atoms with Gasteiger partial charge in [-0.15, -0.1) is 0 Å². The second-order valence-electron chi connectivity index (χ2n) is 5.11. The van der Waals surface area contributed by atoms with Crippen molar-refractivity contribution in [3.05, 3.63) is 57.0 Å². The van der Waals surface area contributed by atoms with Gasteiger partial charge in [-0.3, -0.25) is 0 Å². The second-order valence-corrected chi connectivity index (χ2v) is 6.42. The van der Waals surface area contributed by atoms with Gasteiger partial charge >= 0.3 is 0 Å². The van der Waals surface area contributed by atoms with Gasteiger partial charge in [0.15, 0.2) is 0 Å². The first kappa shape index (κ1) is 15.0. The highest BCUT2D eigenvalue weighted by Gasteiger charge is 2.20. The third-order valence-electron chi connectivity index (χ3n) is 3.24. The molecular formula is C16H14Cl3NO. The topological polar surface area (TPSA) is 21.3 Å². The molecule has 0 amide bonds. The molecule has 0 radical (unpaired) electrons. The van der Waals surface area contributed by atoms with Crippen molar-refractivity contribution in [2.45, 2.75) is 25.4 Å². The lowest BCUT2D eigenvalue weighted by Crippen LogP contribution is -2.15. The number of hydrogen-bond donors (Lipinski definition) is 1. The fourth-order valence-electron chi connectivity index (χ4n) is 2.04. The molecule has 5 heteroatoms. The van der Waals surface area contributed by atoms with Crippen LogP contribution in [-0.4, -0.2) is 6.04 Å². The van der Waals surface area contributed by atoms with Gasteiger partial charge in [-0.25, -0.2) is 0 Å². The average molecular weight is 343 g/mol. The number of halogens is 3. The number of rotatable bonds is 5. The van der Waals surface area contributed by atoms with Gasteiger partial charge in [-0.1, -0.05) is 34.8 Å². The first-order valence-corrected chi connectivity index (χ1v) is 7.89. The Balaban J connectivity index is 1.82. The summed E-state index contributed by atoms with van der Waals surface area (Å²) in [6.07, 6.45) is 2.47. The van der Waals surface area contributed by atoms with Gasteiger partial charge in [0.2, 0.25) is 0 Å². The molecule has 1 N–H and O–H groups in total. The number of benzene rings is 2. The lowest BCUT2D eigenvalue weighted by Gasteiger charge is -2.13. The molecule has 0 aromatic heterocycles. The minimum atomic E-state index is 0.545. The fraction of sp³-hybridized carbons (Fsp3) is 0.250. The molecule has 1 aliphatic rings. The van der Waals surface area contributed by atoms with Gasteiger partial charge in [0.05, 0.1) is 0 Å². The largest absolute Gasteiger partial charge is 0.457 e. The van der Waals surface area contributed by atoms with E-state index in [2.05, 4.69) is 5.32 Å². The van der Waals surface area contributed by atoms with E-state index in [9.17, 15) is 0 Å². The van der Waals surface area contributed by atoms with Crippen LogP contribution in [-0.2, 0) is 6.54 Å². The molecule has 0 aliphatic heterocycles. The summed E-state index contributed by atoms with van der Waals surface area (Å²) in [5.74, 6) is 1.37. The van der Waals surface area contributed by atoms with Crippen molar-refractivity contribution in [2.75, 3.05) is 0 Å². The van der Waals surface area contributed by atoms with Crippen molar-refractivity contribution in [1.29, 1.82) is 0 Å². The van der Waals surface area contributed by atoms with Crippen LogP contribution in [0.3, 0.4) is 0 Å². The lowest BCUT2D eigenvalue weighted by molar-refractivity contribution is 0.472. The summed E-state index contributed by atoms with van der Waals surface area (Å²) < 4.78 is 5.91. The molecule has 2 aromatic rings. The summed E-state index contributed by atoms with van der Waals surface area (Å²) in [4.78, 5) is 0. The molecule has 0 saturated heterocycles. The summed E-state index contributed by atoms with van der Waals surface area (Å²) in [5.41, 5.74) is 1.02. The van der Waals surface area contributed by atoms with Crippen LogP contribution in [0.15, 0.2) is 36.4 Å². The average Bonchev–Trinajstić information content (AvgIpc) is 3.22. The predicted molar refractivity (Wildman–Crippen MR) is 87.8 cm³/mol. The van der Waals surface area contributed by atoms with Crippen molar-refractivity contribution >= 4 is 34.8 Å². The van der Waals surface area contributed by atoms with E-state index in [1.165, 1.54) is 12.8 Å². The van der Waals surface area contributed by atoms with E-state index in [1.54, 1.807) is 18.2 Å². The van der Waals surface area contributed by atoms with Crippen LogP contribution in [0.2, 0.25) is 15.1 Å². The molecule has 0 heterocycles. The SMILES string of the molecule is Clc1cc(Cl)cc(Oc2ccc(Cl)cc2CNC2CC2)c1. The number of ether oxygens (including phenoxy) is 1. The molecule has 1 aliphatic carbocycles. The maximum absolute atomic E-state index is 6.08. The monoisotopic (exact) mass is 341 g/mol. The molecule has 0 atom stereocenters. The van der Waals surface area contributed by atoms with Crippen LogP contribution in [0, 0.1) is 0 Å². The van der Waals surface area contributed by atoms with Gasteiger partial charge in [0.25, 0.3) is 0 Å². The van der Waals surface area contributed by atoms with Crippen molar-refractivity contribution in [3.8, 4) is 11.5 Å². The highest BCUT2D eigenvalue weighted by molar-refractivity contribution is 6.34. The Bertz CT molecular complexity index is 636. The predicted octanol–water partition coefficient (Wildman–Crippen LogP) is 5.69. The molecule has 3 rings (SSSR count). The minimum Gasteiger partial charge on any atom is -0.457 e. The highest BCUT2D eigenvalue weighted by Crippen LogP contribution is 2.32. The maximum Gasteiger partial charge on any atom is 0.132 e. The molecule has 1 fully saturated rings. The number of nitrogens with one attached hydrogen (secondary N) is 1. The van der Waals surface area contributed by atoms with Gasteiger partial charge in [0, 0.05) is 33.2 Å². The first-order valence-electron chi connectivity index (χ1n) is 6.76. The van der Waals surface area contributed by atoms with Crippen LogP contribution in [0.4, 0.5) is 0 Å². The van der Waals surface area contributed by atoms with E-state index in [1.807, 2.05) is 18.2 Å². The zero-order valence-electron chi connectivity index (χ0n) is 11.2. The third-order valence-corrected chi connectivity index (χ3v) is 3.92. The zero-order valence-corrected chi connectivity index (χ0v) is 13.5. The molecule has 21 heavy (non-hydrogen) atoms. The second kappa shape index (κ2) is 6.45. The van der Waals surface area contributed by atoms with E-state index in [0.29, 0.717) is 26.9 Å². The molecule has 110 valence electrons. The Labute approximate surface area is 139 Å². The number of hydrogen-bond acceptors (Lipinski definition) is 2. The molecule has 2 aromatic carbocycles. The highest BCUT2D eigenvalue weighted by atomic mass is 35.5. The molecule has 0 spiro atoms. The quantitative estimate of drug-likeness (QED) is 0.753. The summed E-state index contributed by atoms with van der Waals surface area (Å²) in [6.45, 7) is 0.731. The van der Waals surface area contributed by atoms with Crippen molar-refractivity contribution in [3.63, 3.8) is 0 Å². The third kappa shape index (κ3) is 4.27. The standard InChI is InChI=1S/C16H14Cl3NO/c17-11-1-4-16(10(5-11)9-20-14-2-3-14)21-15-7-12(18)6-13(19)8-15/h1,4-8,14,20H,2-3,9H2. The Kier molecular flexibility index (Phi) is 4.60. The molecule has 0 bridgehead atoms. The van der Waals surface area contributed by atoms with Crippen LogP contribution in [0.5, 0.6) is 11.5 Å². The zero-order chi connectivity index (χ0) is 14.8. The lowest BCUT2D eigenvalue weighted by atomic mass is 10.2.